The lowest BCUT2D eigenvalue weighted by molar-refractivity contribution is -0.123. The first-order valence-corrected chi connectivity index (χ1v) is 11.6. The number of para-hydroxylation sites is 2. The summed E-state index contributed by atoms with van der Waals surface area (Å²) in [6, 6.07) is 22.2. The van der Waals surface area contributed by atoms with E-state index in [9.17, 15) is 9.59 Å². The van der Waals surface area contributed by atoms with Crippen molar-refractivity contribution in [2.75, 3.05) is 23.5 Å². The van der Waals surface area contributed by atoms with E-state index in [4.69, 9.17) is 21.3 Å². The number of ether oxygens (including phenoxy) is 1. The van der Waals surface area contributed by atoms with Crippen molar-refractivity contribution >= 4 is 61.5 Å². The number of hydrogen-bond donors (Lipinski definition) is 0. The van der Waals surface area contributed by atoms with Gasteiger partial charge in [0.15, 0.2) is 5.13 Å². The van der Waals surface area contributed by atoms with Gasteiger partial charge in [0.2, 0.25) is 11.8 Å². The zero-order valence-corrected chi connectivity index (χ0v) is 19.3. The number of rotatable bonds is 5. The third-order valence-corrected chi connectivity index (χ3v) is 6.96. The quantitative estimate of drug-likeness (QED) is 0.371. The van der Waals surface area contributed by atoms with Gasteiger partial charge in [-0.25, -0.2) is 4.98 Å². The maximum atomic E-state index is 13.9. The first kappa shape index (κ1) is 21.4. The number of nitrogens with zero attached hydrogens (tertiary/aromatic N) is 3. The Kier molecular flexibility index (Phi) is 5.74. The van der Waals surface area contributed by atoms with Gasteiger partial charge < -0.3 is 9.64 Å². The number of carbonyl (C=O) groups is 2. The number of fused-ring (bicyclic) bond motifs is 1. The Morgan fingerprint density at radius 2 is 1.91 bits per heavy atom. The number of thiazole rings is 1. The number of carbonyl (C=O) groups excluding carboxylic acids is 2. The molecule has 1 fully saturated rings. The average molecular weight is 478 g/mol. The van der Waals surface area contributed by atoms with Crippen LogP contribution < -0.4 is 14.5 Å². The Labute approximate surface area is 200 Å². The number of hydrogen-bond acceptors (Lipinski definition) is 5. The van der Waals surface area contributed by atoms with Gasteiger partial charge in [-0.2, -0.15) is 0 Å². The molecule has 166 valence electrons. The first-order valence-electron chi connectivity index (χ1n) is 10.4. The van der Waals surface area contributed by atoms with Crippen LogP contribution in [0.2, 0.25) is 5.02 Å². The molecule has 1 saturated heterocycles. The molecule has 0 saturated carbocycles. The molecular formula is C25H20ClN3O3S. The molecule has 0 aliphatic carbocycles. The molecule has 33 heavy (non-hydrogen) atoms. The molecule has 4 aromatic rings. The summed E-state index contributed by atoms with van der Waals surface area (Å²) in [6.07, 6.45) is 0.107. The summed E-state index contributed by atoms with van der Waals surface area (Å²) < 4.78 is 6.36. The third kappa shape index (κ3) is 4.05. The molecule has 5 rings (SSSR count). The number of amides is 2. The van der Waals surface area contributed by atoms with Gasteiger partial charge in [-0.3, -0.25) is 14.5 Å². The largest absolute Gasteiger partial charge is 0.497 e. The van der Waals surface area contributed by atoms with E-state index >= 15 is 0 Å². The highest BCUT2D eigenvalue weighted by atomic mass is 35.5. The molecule has 0 N–H and O–H groups in total. The smallest absolute Gasteiger partial charge is 0.238 e. The van der Waals surface area contributed by atoms with Crippen LogP contribution in [0, 0.1) is 5.92 Å². The molecule has 0 bridgehead atoms. The zero-order chi connectivity index (χ0) is 22.9. The predicted octanol–water partition coefficient (Wildman–Crippen LogP) is 5.68. The van der Waals surface area contributed by atoms with Crippen molar-refractivity contribution in [1.29, 1.82) is 0 Å². The van der Waals surface area contributed by atoms with Crippen molar-refractivity contribution in [3.8, 4) is 5.75 Å². The van der Waals surface area contributed by atoms with E-state index in [-0.39, 0.29) is 24.8 Å². The van der Waals surface area contributed by atoms with E-state index in [1.165, 1.54) is 11.3 Å². The number of aromatic nitrogens is 1. The van der Waals surface area contributed by atoms with E-state index in [0.29, 0.717) is 27.3 Å². The van der Waals surface area contributed by atoms with Crippen LogP contribution in [0.5, 0.6) is 5.75 Å². The molecule has 6 nitrogen and oxygen atoms in total. The normalized spacial score (nSPS) is 15.8. The second-order valence-electron chi connectivity index (χ2n) is 7.70. The van der Waals surface area contributed by atoms with E-state index in [1.54, 1.807) is 35.1 Å². The minimum atomic E-state index is -0.535. The molecular weight excluding hydrogens is 458 g/mol. The lowest BCUT2D eigenvalue weighted by Crippen LogP contribution is -2.34. The van der Waals surface area contributed by atoms with Gasteiger partial charge in [0.05, 0.1) is 39.6 Å². The highest BCUT2D eigenvalue weighted by Gasteiger charge is 2.39. The standard InChI is InChI=1S/C25H20ClN3O3S/c1-32-18-8-6-7-17(14-18)29(25-27-20-10-3-5-12-22(20)33-25)24(31)16-13-23(30)28(15-16)21-11-4-2-9-19(21)26/h2-12,14,16H,13,15H2,1H3/t16-/m0/s1. The maximum absolute atomic E-state index is 13.9. The van der Waals surface area contributed by atoms with Gasteiger partial charge in [-0.05, 0) is 36.4 Å². The molecule has 1 atom stereocenters. The second kappa shape index (κ2) is 8.84. The molecule has 2 amide bonds. The van der Waals surface area contributed by atoms with Crippen LogP contribution in [0.4, 0.5) is 16.5 Å². The summed E-state index contributed by atoms with van der Waals surface area (Å²) in [5.74, 6) is -0.222. The minimum absolute atomic E-state index is 0.107. The molecule has 1 aromatic heterocycles. The first-order chi connectivity index (χ1) is 16.0. The van der Waals surface area contributed by atoms with Crippen molar-refractivity contribution in [3.63, 3.8) is 0 Å². The maximum Gasteiger partial charge on any atom is 0.238 e. The van der Waals surface area contributed by atoms with Gasteiger partial charge >= 0.3 is 0 Å². The van der Waals surface area contributed by atoms with E-state index in [2.05, 4.69) is 0 Å². The summed E-state index contributed by atoms with van der Waals surface area (Å²) in [5, 5.41) is 1.04. The lowest BCUT2D eigenvalue weighted by Gasteiger charge is -2.24. The fraction of sp³-hybridized carbons (Fsp3) is 0.160. The Bertz CT molecular complexity index is 1320. The zero-order valence-electron chi connectivity index (χ0n) is 17.8. The van der Waals surface area contributed by atoms with Crippen LogP contribution in [-0.4, -0.2) is 30.5 Å². The fourth-order valence-electron chi connectivity index (χ4n) is 4.00. The van der Waals surface area contributed by atoms with Crippen LogP contribution in [0.15, 0.2) is 72.8 Å². The number of benzene rings is 3. The molecule has 0 unspecified atom stereocenters. The average Bonchev–Trinajstić information content (AvgIpc) is 3.43. The molecule has 0 spiro atoms. The van der Waals surface area contributed by atoms with Crippen LogP contribution in [0.1, 0.15) is 6.42 Å². The van der Waals surface area contributed by atoms with Crippen molar-refractivity contribution in [3.05, 3.63) is 77.8 Å². The minimum Gasteiger partial charge on any atom is -0.497 e. The molecule has 3 aromatic carbocycles. The van der Waals surface area contributed by atoms with E-state index in [0.717, 1.165) is 10.2 Å². The van der Waals surface area contributed by atoms with Crippen LogP contribution in [0.25, 0.3) is 10.2 Å². The van der Waals surface area contributed by atoms with Gasteiger partial charge in [0.25, 0.3) is 0 Å². The highest BCUT2D eigenvalue weighted by Crippen LogP contribution is 2.38. The molecule has 1 aliphatic rings. The number of methoxy groups -OCH3 is 1. The van der Waals surface area contributed by atoms with Crippen molar-refractivity contribution < 1.29 is 14.3 Å². The molecule has 2 heterocycles. The Hall–Kier alpha value is -3.42. The van der Waals surface area contributed by atoms with Crippen LogP contribution >= 0.6 is 22.9 Å². The molecule has 0 radical (unpaired) electrons. The summed E-state index contributed by atoms with van der Waals surface area (Å²) >= 11 is 7.75. The van der Waals surface area contributed by atoms with Gasteiger partial charge in [0.1, 0.15) is 5.75 Å². The Morgan fingerprint density at radius 3 is 2.70 bits per heavy atom. The molecule has 1 aliphatic heterocycles. The topological polar surface area (TPSA) is 62.7 Å². The monoisotopic (exact) mass is 477 g/mol. The summed E-state index contributed by atoms with van der Waals surface area (Å²) in [7, 11) is 1.58. The summed E-state index contributed by atoms with van der Waals surface area (Å²) in [4.78, 5) is 34.6. The van der Waals surface area contributed by atoms with E-state index < -0.39 is 5.92 Å². The predicted molar refractivity (Wildman–Crippen MR) is 132 cm³/mol. The highest BCUT2D eigenvalue weighted by molar-refractivity contribution is 7.22. The number of anilines is 3. The van der Waals surface area contributed by atoms with Gasteiger partial charge in [0, 0.05) is 19.0 Å². The second-order valence-corrected chi connectivity index (χ2v) is 9.11. The summed E-state index contributed by atoms with van der Waals surface area (Å²) in [6.45, 7) is 0.257. The Morgan fingerprint density at radius 1 is 1.12 bits per heavy atom. The molecule has 8 heteroatoms. The lowest BCUT2D eigenvalue weighted by atomic mass is 10.1. The van der Waals surface area contributed by atoms with E-state index in [1.807, 2.05) is 54.6 Å². The Balaban J connectivity index is 1.53. The van der Waals surface area contributed by atoms with Crippen molar-refractivity contribution in [2.24, 2.45) is 5.92 Å². The third-order valence-electron chi connectivity index (χ3n) is 5.62. The van der Waals surface area contributed by atoms with Crippen molar-refractivity contribution in [2.45, 2.75) is 6.42 Å². The fourth-order valence-corrected chi connectivity index (χ4v) is 5.23. The van der Waals surface area contributed by atoms with Gasteiger partial charge in [-0.15, -0.1) is 0 Å². The summed E-state index contributed by atoms with van der Waals surface area (Å²) in [5.41, 5.74) is 2.08. The van der Waals surface area contributed by atoms with Crippen molar-refractivity contribution in [1.82, 2.24) is 4.98 Å². The SMILES string of the molecule is COc1cccc(N(C(=O)[C@H]2CC(=O)N(c3ccccc3Cl)C2)c2nc3ccccc3s2)c1. The number of halogens is 1. The van der Waals surface area contributed by atoms with Crippen LogP contribution in [-0.2, 0) is 9.59 Å². The van der Waals surface area contributed by atoms with Gasteiger partial charge in [-0.1, -0.05) is 53.3 Å². The van der Waals surface area contributed by atoms with Crippen LogP contribution in [0.3, 0.4) is 0 Å².